The highest BCUT2D eigenvalue weighted by molar-refractivity contribution is 9.10. The minimum Gasteiger partial charge on any atom is -0.496 e. The lowest BCUT2D eigenvalue weighted by Crippen LogP contribution is -2.13. The Morgan fingerprint density at radius 1 is 1.21 bits per heavy atom. The second-order valence-electron chi connectivity index (χ2n) is 4.43. The lowest BCUT2D eigenvalue weighted by molar-refractivity contribution is 0.407. The van der Waals surface area contributed by atoms with Crippen molar-refractivity contribution in [2.75, 3.05) is 7.11 Å². The average molecular weight is 324 g/mol. The minimum atomic E-state index is -0.419. The zero-order chi connectivity index (χ0) is 14.0. The van der Waals surface area contributed by atoms with Gasteiger partial charge in [0.05, 0.1) is 13.2 Å². The van der Waals surface area contributed by atoms with E-state index >= 15 is 0 Å². The molecule has 0 aliphatic heterocycles. The first-order valence-electron chi connectivity index (χ1n) is 5.87. The van der Waals surface area contributed by atoms with Crippen LogP contribution < -0.4 is 10.5 Å². The third-order valence-electron chi connectivity index (χ3n) is 2.95. The topological polar surface area (TPSA) is 35.2 Å². The number of halogens is 2. The standard InChI is InChI=1S/C15H15BrFNO/c1-9-5-10(7-12(17)6-9)15(18)13-4-3-11(16)8-14(13)19-2/h3-8,15H,18H2,1-2H3. The summed E-state index contributed by atoms with van der Waals surface area (Å²) in [5.41, 5.74) is 8.63. The Hall–Kier alpha value is -1.39. The number of hydrogen-bond acceptors (Lipinski definition) is 2. The van der Waals surface area contributed by atoms with E-state index in [2.05, 4.69) is 15.9 Å². The lowest BCUT2D eigenvalue weighted by atomic mass is 9.97. The van der Waals surface area contributed by atoms with Crippen LogP contribution in [0.4, 0.5) is 4.39 Å². The summed E-state index contributed by atoms with van der Waals surface area (Å²) in [4.78, 5) is 0. The van der Waals surface area contributed by atoms with E-state index in [0.717, 1.165) is 21.2 Å². The molecule has 0 amide bonds. The molecule has 1 atom stereocenters. The molecular formula is C15H15BrFNO. The average Bonchev–Trinajstić information content (AvgIpc) is 2.36. The van der Waals surface area contributed by atoms with E-state index in [4.69, 9.17) is 10.5 Å². The Bertz CT molecular complexity index is 580. The van der Waals surface area contributed by atoms with Gasteiger partial charge in [-0.25, -0.2) is 4.39 Å². The molecule has 0 heterocycles. The Kier molecular flexibility index (Phi) is 4.22. The largest absolute Gasteiger partial charge is 0.496 e. The molecule has 2 N–H and O–H groups in total. The first-order valence-corrected chi connectivity index (χ1v) is 6.66. The van der Waals surface area contributed by atoms with E-state index in [1.807, 2.05) is 31.2 Å². The van der Waals surface area contributed by atoms with Gasteiger partial charge in [0.2, 0.25) is 0 Å². The highest BCUT2D eigenvalue weighted by Crippen LogP contribution is 2.31. The van der Waals surface area contributed by atoms with Crippen LogP contribution in [0.25, 0.3) is 0 Å². The first-order chi connectivity index (χ1) is 9.01. The summed E-state index contributed by atoms with van der Waals surface area (Å²) in [5, 5.41) is 0. The summed E-state index contributed by atoms with van der Waals surface area (Å²) in [7, 11) is 1.59. The quantitative estimate of drug-likeness (QED) is 0.928. The third kappa shape index (κ3) is 3.14. The SMILES string of the molecule is COc1cc(Br)ccc1C(N)c1cc(C)cc(F)c1. The number of nitrogens with two attached hydrogens (primary N) is 1. The maximum absolute atomic E-state index is 13.5. The van der Waals surface area contributed by atoms with Gasteiger partial charge in [-0.15, -0.1) is 0 Å². The molecule has 0 radical (unpaired) electrons. The van der Waals surface area contributed by atoms with Gasteiger partial charge >= 0.3 is 0 Å². The first kappa shape index (κ1) is 14.0. The van der Waals surface area contributed by atoms with Crippen molar-refractivity contribution in [3.8, 4) is 5.75 Å². The van der Waals surface area contributed by atoms with Crippen molar-refractivity contribution < 1.29 is 9.13 Å². The molecule has 0 aliphatic rings. The molecule has 0 spiro atoms. The molecular weight excluding hydrogens is 309 g/mol. The van der Waals surface area contributed by atoms with E-state index < -0.39 is 6.04 Å². The van der Waals surface area contributed by atoms with Crippen molar-refractivity contribution >= 4 is 15.9 Å². The molecule has 2 rings (SSSR count). The van der Waals surface area contributed by atoms with Crippen molar-refractivity contribution in [3.05, 3.63) is 63.4 Å². The predicted octanol–water partition coefficient (Wildman–Crippen LogP) is 3.95. The van der Waals surface area contributed by atoms with Gasteiger partial charge in [-0.05, 0) is 42.3 Å². The fourth-order valence-corrected chi connectivity index (χ4v) is 2.41. The van der Waals surface area contributed by atoms with E-state index in [1.54, 1.807) is 7.11 Å². The molecule has 1 unspecified atom stereocenters. The number of hydrogen-bond donors (Lipinski definition) is 1. The Balaban J connectivity index is 2.46. The van der Waals surface area contributed by atoms with Crippen LogP contribution in [0, 0.1) is 12.7 Å². The smallest absolute Gasteiger partial charge is 0.125 e. The van der Waals surface area contributed by atoms with E-state index in [0.29, 0.717) is 5.75 Å². The van der Waals surface area contributed by atoms with Crippen LogP contribution in [0.1, 0.15) is 22.7 Å². The van der Waals surface area contributed by atoms with Crippen LogP contribution in [0.2, 0.25) is 0 Å². The van der Waals surface area contributed by atoms with E-state index in [-0.39, 0.29) is 5.82 Å². The number of benzene rings is 2. The molecule has 0 fully saturated rings. The molecule has 2 aromatic rings. The highest BCUT2D eigenvalue weighted by Gasteiger charge is 2.15. The molecule has 2 aromatic carbocycles. The van der Waals surface area contributed by atoms with Crippen LogP contribution in [0.3, 0.4) is 0 Å². The van der Waals surface area contributed by atoms with Crippen molar-refractivity contribution in [1.29, 1.82) is 0 Å². The van der Waals surface area contributed by atoms with Gasteiger partial charge in [0, 0.05) is 10.0 Å². The van der Waals surface area contributed by atoms with E-state index in [1.165, 1.54) is 12.1 Å². The minimum absolute atomic E-state index is 0.276. The molecule has 19 heavy (non-hydrogen) atoms. The fourth-order valence-electron chi connectivity index (χ4n) is 2.07. The summed E-state index contributed by atoms with van der Waals surface area (Å²) in [6, 6.07) is 10.0. The number of aryl methyl sites for hydroxylation is 1. The Morgan fingerprint density at radius 3 is 2.58 bits per heavy atom. The van der Waals surface area contributed by atoms with Gasteiger partial charge in [-0.2, -0.15) is 0 Å². The van der Waals surface area contributed by atoms with E-state index in [9.17, 15) is 4.39 Å². The van der Waals surface area contributed by atoms with Crippen molar-refractivity contribution in [2.24, 2.45) is 5.73 Å². The fraction of sp³-hybridized carbons (Fsp3) is 0.200. The molecule has 0 saturated heterocycles. The normalized spacial score (nSPS) is 12.3. The second-order valence-corrected chi connectivity index (χ2v) is 5.34. The zero-order valence-electron chi connectivity index (χ0n) is 10.8. The number of rotatable bonds is 3. The van der Waals surface area contributed by atoms with Gasteiger partial charge < -0.3 is 10.5 Å². The Labute approximate surface area is 120 Å². The maximum Gasteiger partial charge on any atom is 0.125 e. The van der Waals surface area contributed by atoms with Crippen LogP contribution in [-0.4, -0.2) is 7.11 Å². The van der Waals surface area contributed by atoms with Gasteiger partial charge in [0.15, 0.2) is 0 Å². The van der Waals surface area contributed by atoms with Gasteiger partial charge in [-0.3, -0.25) is 0 Å². The second kappa shape index (κ2) is 5.72. The molecule has 0 aromatic heterocycles. The molecule has 2 nitrogen and oxygen atoms in total. The van der Waals surface area contributed by atoms with Crippen molar-refractivity contribution in [2.45, 2.75) is 13.0 Å². The molecule has 0 bridgehead atoms. The number of ether oxygens (including phenoxy) is 1. The van der Waals surface area contributed by atoms with Crippen LogP contribution in [0.5, 0.6) is 5.75 Å². The summed E-state index contributed by atoms with van der Waals surface area (Å²) < 4.78 is 19.7. The van der Waals surface area contributed by atoms with Gasteiger partial charge in [0.25, 0.3) is 0 Å². The summed E-state index contributed by atoms with van der Waals surface area (Å²) in [6.45, 7) is 1.85. The van der Waals surface area contributed by atoms with Crippen LogP contribution in [-0.2, 0) is 0 Å². The number of methoxy groups -OCH3 is 1. The lowest BCUT2D eigenvalue weighted by Gasteiger charge is -2.17. The molecule has 4 heteroatoms. The summed E-state index contributed by atoms with van der Waals surface area (Å²) in [6.07, 6.45) is 0. The monoisotopic (exact) mass is 323 g/mol. The summed E-state index contributed by atoms with van der Waals surface area (Å²) >= 11 is 3.38. The predicted molar refractivity (Wildman–Crippen MR) is 77.9 cm³/mol. The van der Waals surface area contributed by atoms with Crippen molar-refractivity contribution in [1.82, 2.24) is 0 Å². The molecule has 0 saturated carbocycles. The third-order valence-corrected chi connectivity index (χ3v) is 3.45. The van der Waals surface area contributed by atoms with Crippen molar-refractivity contribution in [3.63, 3.8) is 0 Å². The molecule has 100 valence electrons. The highest BCUT2D eigenvalue weighted by atomic mass is 79.9. The summed E-state index contributed by atoms with van der Waals surface area (Å²) in [5.74, 6) is 0.408. The zero-order valence-corrected chi connectivity index (χ0v) is 12.4. The van der Waals surface area contributed by atoms with Gasteiger partial charge in [-0.1, -0.05) is 28.1 Å². The maximum atomic E-state index is 13.5. The Morgan fingerprint density at radius 2 is 1.95 bits per heavy atom. The molecule has 0 aliphatic carbocycles. The van der Waals surface area contributed by atoms with Crippen LogP contribution >= 0.6 is 15.9 Å². The van der Waals surface area contributed by atoms with Gasteiger partial charge in [0.1, 0.15) is 11.6 Å². The van der Waals surface area contributed by atoms with Crippen LogP contribution in [0.15, 0.2) is 40.9 Å².